The summed E-state index contributed by atoms with van der Waals surface area (Å²) in [4.78, 5) is 0. The molecule has 3 rings (SSSR count). The molecule has 1 saturated carbocycles. The van der Waals surface area contributed by atoms with Crippen LogP contribution in [0.1, 0.15) is 83.1 Å². The summed E-state index contributed by atoms with van der Waals surface area (Å²) in [5.74, 6) is 3.63. The lowest BCUT2D eigenvalue weighted by atomic mass is 9.53. The molecule has 3 aliphatic rings. The van der Waals surface area contributed by atoms with Gasteiger partial charge in [-0.25, -0.2) is 0 Å². The van der Waals surface area contributed by atoms with E-state index in [1.54, 1.807) is 5.57 Å². The van der Waals surface area contributed by atoms with Gasteiger partial charge in [0.2, 0.25) is 0 Å². The van der Waals surface area contributed by atoms with E-state index < -0.39 is 0 Å². The summed E-state index contributed by atoms with van der Waals surface area (Å²) in [7, 11) is 0. The van der Waals surface area contributed by atoms with Crippen LogP contribution >= 0.6 is 0 Å². The van der Waals surface area contributed by atoms with E-state index in [2.05, 4.69) is 101 Å². The van der Waals surface area contributed by atoms with Crippen LogP contribution < -0.4 is 0 Å². The van der Waals surface area contributed by atoms with Crippen molar-refractivity contribution in [3.8, 4) is 0 Å². The average molecular weight is 357 g/mol. The van der Waals surface area contributed by atoms with Crippen LogP contribution in [0.25, 0.3) is 0 Å². The predicted octanol–water partition coefficient (Wildman–Crippen LogP) is 7.76. The Labute approximate surface area is 163 Å². The van der Waals surface area contributed by atoms with E-state index in [4.69, 9.17) is 0 Å². The maximum atomic E-state index is 2.77. The lowest BCUT2D eigenvalue weighted by molar-refractivity contribution is 0.00857. The van der Waals surface area contributed by atoms with Crippen molar-refractivity contribution in [3.05, 3.63) is 23.8 Å². The van der Waals surface area contributed by atoms with Crippen LogP contribution in [0.2, 0.25) is 0 Å². The van der Waals surface area contributed by atoms with Crippen molar-refractivity contribution in [2.24, 2.45) is 56.7 Å². The number of allylic oxidation sites excluding steroid dienone is 4. The Hall–Kier alpha value is -0.520. The predicted molar refractivity (Wildman–Crippen MR) is 115 cm³/mol. The van der Waals surface area contributed by atoms with Gasteiger partial charge in [0.15, 0.2) is 0 Å². The van der Waals surface area contributed by atoms with E-state index in [9.17, 15) is 0 Å². The van der Waals surface area contributed by atoms with Gasteiger partial charge in [0.05, 0.1) is 0 Å². The smallest absolute Gasteiger partial charge is 0.00351 e. The maximum absolute atomic E-state index is 2.77. The van der Waals surface area contributed by atoms with E-state index in [0.29, 0.717) is 22.7 Å². The Bertz CT molecular complexity index is 631. The summed E-state index contributed by atoms with van der Waals surface area (Å²) in [6.07, 6.45) is 8.07. The molecular weight excluding hydrogens is 312 g/mol. The van der Waals surface area contributed by atoms with Crippen molar-refractivity contribution in [2.45, 2.75) is 83.1 Å². The fraction of sp³-hybridized carbons (Fsp3) is 0.846. The lowest BCUT2D eigenvalue weighted by Gasteiger charge is -2.50. The molecule has 0 heteroatoms. The molecule has 0 N–H and O–H groups in total. The summed E-state index contributed by atoms with van der Waals surface area (Å²) in [6, 6.07) is 0. The molecule has 3 aliphatic carbocycles. The number of rotatable bonds is 0. The Morgan fingerprint density at radius 2 is 1.31 bits per heavy atom. The molecule has 2 unspecified atom stereocenters. The van der Waals surface area contributed by atoms with E-state index in [-0.39, 0.29) is 16.2 Å². The zero-order chi connectivity index (χ0) is 20.1. The van der Waals surface area contributed by atoms with Gasteiger partial charge in [-0.05, 0) is 51.2 Å². The normalized spacial score (nSPS) is 40.2. The van der Waals surface area contributed by atoms with Gasteiger partial charge >= 0.3 is 0 Å². The first-order chi connectivity index (χ1) is 11.4. The standard InChI is InChI=1S/C26H44/c1-22(2,3)18-15-17-19(20(18)23(4,5)6)16-13-14-26(17,25(10,11)12)21(16)24(7,8)9/h13-17,19-21H,1-12H3/t16-,17?,19?,20+,21+,26-/m0/s1. The second-order valence-electron chi connectivity index (χ2n) is 13.8. The number of hydrogen-bond acceptors (Lipinski definition) is 0. The maximum Gasteiger partial charge on any atom is 0.00351 e. The minimum Gasteiger partial charge on any atom is -0.0842 e. The Morgan fingerprint density at radius 1 is 0.769 bits per heavy atom. The third-order valence-corrected chi connectivity index (χ3v) is 8.01. The van der Waals surface area contributed by atoms with Gasteiger partial charge in [0, 0.05) is 5.41 Å². The van der Waals surface area contributed by atoms with Crippen LogP contribution in [-0.4, -0.2) is 0 Å². The van der Waals surface area contributed by atoms with Crippen molar-refractivity contribution in [3.63, 3.8) is 0 Å². The summed E-state index contributed by atoms with van der Waals surface area (Å²) in [6.45, 7) is 29.7. The minimum absolute atomic E-state index is 0.262. The van der Waals surface area contributed by atoms with E-state index in [1.165, 1.54) is 0 Å². The van der Waals surface area contributed by atoms with Crippen molar-refractivity contribution in [1.82, 2.24) is 0 Å². The summed E-state index contributed by atoms with van der Waals surface area (Å²) < 4.78 is 0. The fourth-order valence-corrected chi connectivity index (χ4v) is 7.48. The highest BCUT2D eigenvalue weighted by atomic mass is 14.7. The van der Waals surface area contributed by atoms with Gasteiger partial charge in [0.1, 0.15) is 0 Å². The molecule has 0 spiro atoms. The summed E-state index contributed by atoms with van der Waals surface area (Å²) >= 11 is 0. The molecule has 148 valence electrons. The molecule has 0 aliphatic heterocycles. The molecule has 6 atom stereocenters. The molecule has 0 amide bonds. The highest BCUT2D eigenvalue weighted by molar-refractivity contribution is 5.40. The quantitative estimate of drug-likeness (QED) is 0.389. The van der Waals surface area contributed by atoms with Crippen LogP contribution in [0.5, 0.6) is 0 Å². The van der Waals surface area contributed by atoms with Crippen molar-refractivity contribution in [1.29, 1.82) is 0 Å². The third kappa shape index (κ3) is 2.53. The van der Waals surface area contributed by atoms with Crippen LogP contribution in [0.3, 0.4) is 0 Å². The van der Waals surface area contributed by atoms with Gasteiger partial charge in [0.25, 0.3) is 0 Å². The Kier molecular flexibility index (Phi) is 4.12. The highest BCUT2D eigenvalue weighted by Crippen LogP contribution is 2.76. The first-order valence-electron chi connectivity index (χ1n) is 10.9. The molecule has 0 heterocycles. The monoisotopic (exact) mass is 356 g/mol. The number of fused-ring (bicyclic) bond motifs is 5. The molecule has 0 radical (unpaired) electrons. The molecule has 0 nitrogen and oxygen atoms in total. The molecule has 0 aromatic rings. The topological polar surface area (TPSA) is 0 Å². The highest BCUT2D eigenvalue weighted by Gasteiger charge is 2.71. The van der Waals surface area contributed by atoms with Crippen LogP contribution in [0.4, 0.5) is 0 Å². The van der Waals surface area contributed by atoms with Crippen molar-refractivity contribution in [2.75, 3.05) is 0 Å². The van der Waals surface area contributed by atoms with E-state index in [1.807, 2.05) is 0 Å². The molecule has 2 bridgehead atoms. The second-order valence-corrected chi connectivity index (χ2v) is 13.8. The zero-order valence-corrected chi connectivity index (χ0v) is 19.6. The average Bonchev–Trinajstić information content (AvgIpc) is 3.01. The molecule has 26 heavy (non-hydrogen) atoms. The van der Waals surface area contributed by atoms with Gasteiger partial charge in [-0.1, -0.05) is 107 Å². The summed E-state index contributed by atoms with van der Waals surface area (Å²) in [5, 5.41) is 0. The van der Waals surface area contributed by atoms with E-state index >= 15 is 0 Å². The van der Waals surface area contributed by atoms with Crippen LogP contribution in [0, 0.1) is 56.7 Å². The fourth-order valence-electron chi connectivity index (χ4n) is 7.48. The Balaban J connectivity index is 2.25. The SMILES string of the molecule is CC(C)(C)C1=CC2C([C@@H]1C(C)(C)C)[C@@H]1C=C[C@@]2(C(C)(C)C)[C@H]1C(C)(C)C. The first-order valence-corrected chi connectivity index (χ1v) is 10.9. The number of hydrogen-bond donors (Lipinski definition) is 0. The van der Waals surface area contributed by atoms with Gasteiger partial charge in [-0.3, -0.25) is 0 Å². The third-order valence-electron chi connectivity index (χ3n) is 8.01. The second kappa shape index (κ2) is 5.30. The molecule has 1 fully saturated rings. The molecule has 0 saturated heterocycles. The van der Waals surface area contributed by atoms with E-state index in [0.717, 1.165) is 17.8 Å². The molecule has 0 aromatic heterocycles. The molecular formula is C26H44. The van der Waals surface area contributed by atoms with Crippen LogP contribution in [0.15, 0.2) is 23.8 Å². The van der Waals surface area contributed by atoms with Crippen molar-refractivity contribution < 1.29 is 0 Å². The van der Waals surface area contributed by atoms with Gasteiger partial charge in [-0.15, -0.1) is 0 Å². The molecule has 0 aromatic carbocycles. The minimum atomic E-state index is 0.262. The summed E-state index contributed by atoms with van der Waals surface area (Å²) in [5.41, 5.74) is 3.22. The lowest BCUT2D eigenvalue weighted by Crippen LogP contribution is -2.45. The van der Waals surface area contributed by atoms with Gasteiger partial charge < -0.3 is 0 Å². The van der Waals surface area contributed by atoms with Crippen molar-refractivity contribution >= 4 is 0 Å². The van der Waals surface area contributed by atoms with Crippen LogP contribution in [-0.2, 0) is 0 Å². The van der Waals surface area contributed by atoms with Gasteiger partial charge in [-0.2, -0.15) is 0 Å². The zero-order valence-electron chi connectivity index (χ0n) is 19.6. The first kappa shape index (κ1) is 20.2. The largest absolute Gasteiger partial charge is 0.0842 e. The Morgan fingerprint density at radius 3 is 1.69 bits per heavy atom.